The van der Waals surface area contributed by atoms with Crippen molar-refractivity contribution in [1.82, 2.24) is 40.0 Å². The number of hydrogen-bond acceptors (Lipinski definition) is 11. The van der Waals surface area contributed by atoms with Gasteiger partial charge in [-0.3, -0.25) is 9.69 Å². The van der Waals surface area contributed by atoms with Gasteiger partial charge in [-0.15, -0.1) is 10.2 Å². The number of halogens is 1. The second kappa shape index (κ2) is 12.6. The zero-order valence-corrected chi connectivity index (χ0v) is 28.8. The third-order valence-electron chi connectivity index (χ3n) is 11.3. The Morgan fingerprint density at radius 3 is 2.71 bits per heavy atom. The van der Waals surface area contributed by atoms with Gasteiger partial charge < -0.3 is 19.9 Å². The normalized spacial score (nSPS) is 21.8. The minimum Gasteiger partial charge on any atom is -0.434 e. The van der Waals surface area contributed by atoms with E-state index in [4.69, 9.17) is 4.74 Å². The summed E-state index contributed by atoms with van der Waals surface area (Å²) < 4.78 is 21.0. The molecule has 1 aromatic carbocycles. The van der Waals surface area contributed by atoms with Crippen molar-refractivity contribution >= 4 is 22.5 Å². The highest BCUT2D eigenvalue weighted by atomic mass is 19.1. The molecule has 51 heavy (non-hydrogen) atoms. The maximum atomic E-state index is 14.6. The summed E-state index contributed by atoms with van der Waals surface area (Å²) >= 11 is 0. The Kier molecular flexibility index (Phi) is 7.90. The van der Waals surface area contributed by atoms with Crippen molar-refractivity contribution in [3.63, 3.8) is 0 Å². The first-order chi connectivity index (χ1) is 24.8. The smallest absolute Gasteiger partial charge is 0.282 e. The molecule has 2 saturated carbocycles. The molecule has 0 unspecified atom stereocenters. The van der Waals surface area contributed by atoms with Crippen LogP contribution in [0.2, 0.25) is 0 Å². The first kappa shape index (κ1) is 31.9. The van der Waals surface area contributed by atoms with E-state index in [0.29, 0.717) is 58.5 Å². The van der Waals surface area contributed by atoms with Crippen LogP contribution in [0.15, 0.2) is 66.2 Å². The molecule has 0 bridgehead atoms. The van der Waals surface area contributed by atoms with E-state index in [2.05, 4.69) is 64.1 Å². The first-order valence-electron chi connectivity index (χ1n) is 18.0. The molecule has 4 aliphatic rings. The fourth-order valence-corrected chi connectivity index (χ4v) is 8.80. The number of nitrogens with zero attached hydrogens (tertiary/aromatic N) is 8. The molecule has 2 N–H and O–H groups in total. The maximum absolute atomic E-state index is 14.6. The molecule has 5 aromatic rings. The van der Waals surface area contributed by atoms with Gasteiger partial charge >= 0.3 is 0 Å². The van der Waals surface area contributed by atoms with Crippen LogP contribution in [0.5, 0.6) is 11.6 Å². The lowest BCUT2D eigenvalue weighted by Gasteiger charge is -2.57. The molecule has 4 fully saturated rings. The quantitative estimate of drug-likeness (QED) is 0.184. The maximum Gasteiger partial charge on any atom is 0.282 e. The molecule has 1 spiro atoms. The third-order valence-corrected chi connectivity index (χ3v) is 11.3. The van der Waals surface area contributed by atoms with Crippen molar-refractivity contribution in [3.05, 3.63) is 83.3 Å². The van der Waals surface area contributed by atoms with Crippen LogP contribution < -0.4 is 20.5 Å². The Bertz CT molecular complexity index is 2140. The molecular formula is C38H41FN10O2. The number of nitrogens with one attached hydrogen (secondary N) is 2. The van der Waals surface area contributed by atoms with E-state index in [-0.39, 0.29) is 16.8 Å². The van der Waals surface area contributed by atoms with Crippen LogP contribution in [0.1, 0.15) is 57.6 Å². The van der Waals surface area contributed by atoms with Gasteiger partial charge in [0.1, 0.15) is 29.9 Å². The molecule has 13 heteroatoms. The second-order valence-corrected chi connectivity index (χ2v) is 15.3. The highest BCUT2D eigenvalue weighted by molar-refractivity contribution is 5.88. The molecule has 2 aliphatic heterocycles. The van der Waals surface area contributed by atoms with Gasteiger partial charge in [-0.1, -0.05) is 13.8 Å². The Labute approximate surface area is 294 Å². The number of ether oxygens (including phenoxy) is 1. The van der Waals surface area contributed by atoms with E-state index in [9.17, 15) is 9.18 Å². The highest BCUT2D eigenvalue weighted by Gasteiger charge is 2.53. The topological polar surface area (TPSA) is 138 Å². The highest BCUT2D eigenvalue weighted by Crippen LogP contribution is 2.49. The number of aromatic nitrogens is 7. The number of rotatable bonds is 10. The summed E-state index contributed by atoms with van der Waals surface area (Å²) in [5, 5.41) is 13.1. The van der Waals surface area contributed by atoms with Crippen LogP contribution in [0.25, 0.3) is 22.2 Å². The molecule has 2 saturated heterocycles. The van der Waals surface area contributed by atoms with Gasteiger partial charge in [0.2, 0.25) is 5.56 Å². The summed E-state index contributed by atoms with van der Waals surface area (Å²) in [6, 6.07) is 10.8. The zero-order chi connectivity index (χ0) is 34.7. The summed E-state index contributed by atoms with van der Waals surface area (Å²) in [7, 11) is 0. The van der Waals surface area contributed by atoms with E-state index in [1.54, 1.807) is 30.9 Å². The Balaban J connectivity index is 0.864. The SMILES string of the molecule is CC(C)[C@H](C1CC(Nc2ccnc3[nH]c(=O)ccc23)C1)N1CC2(CCN(c3ncnnc3Oc3ccc(F)cc3-c3cncnc3C3CC3)C2)C1. The number of benzene rings is 1. The number of fused-ring (bicyclic) bond motifs is 1. The largest absolute Gasteiger partial charge is 0.434 e. The standard InChI is InChI=1S/C38H41FN10O2/c1-22(2)34(24-13-26(14-24)45-30-9-11-41-35-27(30)6-8-32(50)46-35)49-18-38(19-49)10-12-48(17-38)36-37(47-44-21-43-36)51-31-7-5-25(39)15-28(31)29-16-40-20-42-33(29)23-3-4-23/h5-9,11,15-16,20-24,26,34H,3-4,10,12-14,17-19H2,1-2H3,(H2,41,45,46,50)/t24?,26?,34-/m1/s1. The fourth-order valence-electron chi connectivity index (χ4n) is 8.80. The van der Waals surface area contributed by atoms with Gasteiger partial charge in [-0.2, -0.15) is 0 Å². The van der Waals surface area contributed by atoms with Crippen LogP contribution in [0.3, 0.4) is 0 Å². The summed E-state index contributed by atoms with van der Waals surface area (Å²) in [6.45, 7) is 8.52. The molecule has 0 amide bonds. The average molecular weight is 689 g/mol. The van der Waals surface area contributed by atoms with Gasteiger partial charge in [0.25, 0.3) is 5.88 Å². The summed E-state index contributed by atoms with van der Waals surface area (Å²) in [5.74, 6) is 2.61. The molecule has 262 valence electrons. The summed E-state index contributed by atoms with van der Waals surface area (Å²) in [5.41, 5.74) is 3.97. The number of hydrogen-bond donors (Lipinski definition) is 2. The van der Waals surface area contributed by atoms with Crippen molar-refractivity contribution in [2.24, 2.45) is 17.3 Å². The molecule has 6 heterocycles. The lowest BCUT2D eigenvalue weighted by molar-refractivity contribution is -0.0656. The average Bonchev–Trinajstić information content (AvgIpc) is 3.85. The van der Waals surface area contributed by atoms with E-state index in [1.165, 1.54) is 18.5 Å². The van der Waals surface area contributed by atoms with Crippen LogP contribution >= 0.6 is 0 Å². The van der Waals surface area contributed by atoms with Gasteiger partial charge in [0, 0.05) is 90.3 Å². The minimum atomic E-state index is -0.356. The molecule has 1 atom stereocenters. The van der Waals surface area contributed by atoms with Crippen molar-refractivity contribution in [2.75, 3.05) is 36.4 Å². The number of anilines is 2. The van der Waals surface area contributed by atoms with E-state index in [0.717, 1.165) is 80.6 Å². The van der Waals surface area contributed by atoms with E-state index in [1.807, 2.05) is 12.1 Å². The Morgan fingerprint density at radius 2 is 1.88 bits per heavy atom. The predicted molar refractivity (Wildman–Crippen MR) is 191 cm³/mol. The molecule has 9 rings (SSSR count). The van der Waals surface area contributed by atoms with Crippen molar-refractivity contribution < 1.29 is 9.13 Å². The molecular weight excluding hydrogens is 647 g/mol. The number of aromatic amines is 1. The number of pyridine rings is 2. The fraction of sp³-hybridized carbons (Fsp3) is 0.447. The number of likely N-dealkylation sites (tertiary alicyclic amines) is 1. The molecule has 12 nitrogen and oxygen atoms in total. The second-order valence-electron chi connectivity index (χ2n) is 15.3. The van der Waals surface area contributed by atoms with Crippen LogP contribution in [0, 0.1) is 23.1 Å². The van der Waals surface area contributed by atoms with Crippen LogP contribution in [0.4, 0.5) is 15.9 Å². The van der Waals surface area contributed by atoms with Gasteiger partial charge in [-0.25, -0.2) is 24.3 Å². The number of H-pyrrole nitrogens is 1. The molecule has 4 aromatic heterocycles. The Hall–Kier alpha value is -5.04. The molecule has 2 aliphatic carbocycles. The Morgan fingerprint density at radius 1 is 1.02 bits per heavy atom. The summed E-state index contributed by atoms with van der Waals surface area (Å²) in [6.07, 6.45) is 11.9. The lowest BCUT2D eigenvalue weighted by Crippen LogP contribution is -2.65. The third kappa shape index (κ3) is 6.07. The van der Waals surface area contributed by atoms with Gasteiger partial charge in [0.05, 0.1) is 5.69 Å². The van der Waals surface area contributed by atoms with Crippen LogP contribution in [-0.2, 0) is 0 Å². The van der Waals surface area contributed by atoms with Gasteiger partial charge in [0.15, 0.2) is 5.82 Å². The lowest BCUT2D eigenvalue weighted by atomic mass is 9.68. The van der Waals surface area contributed by atoms with Crippen LogP contribution in [-0.4, -0.2) is 78.3 Å². The zero-order valence-electron chi connectivity index (χ0n) is 28.8. The van der Waals surface area contributed by atoms with Crippen molar-refractivity contribution in [1.29, 1.82) is 0 Å². The first-order valence-corrected chi connectivity index (χ1v) is 18.0. The van der Waals surface area contributed by atoms with Crippen molar-refractivity contribution in [2.45, 2.75) is 64.0 Å². The minimum absolute atomic E-state index is 0.142. The molecule has 0 radical (unpaired) electrons. The predicted octanol–water partition coefficient (Wildman–Crippen LogP) is 5.80. The van der Waals surface area contributed by atoms with Gasteiger partial charge in [-0.05, 0) is 74.3 Å². The van der Waals surface area contributed by atoms with Crippen molar-refractivity contribution in [3.8, 4) is 22.8 Å². The van der Waals surface area contributed by atoms with E-state index < -0.39 is 0 Å². The monoisotopic (exact) mass is 688 g/mol. The summed E-state index contributed by atoms with van der Waals surface area (Å²) in [4.78, 5) is 37.3. The van der Waals surface area contributed by atoms with E-state index >= 15 is 0 Å².